The van der Waals surface area contributed by atoms with Crippen LogP contribution in [0.5, 0.6) is 0 Å². The molecule has 0 aliphatic heterocycles. The Balaban J connectivity index is 1.92. The molecule has 28 heavy (non-hydrogen) atoms. The maximum Gasteiger partial charge on any atom is 0.244 e. The number of aromatic nitrogens is 5. The van der Waals surface area contributed by atoms with E-state index in [1.54, 1.807) is 0 Å². The van der Waals surface area contributed by atoms with Crippen LogP contribution in [0.2, 0.25) is 0 Å². The first kappa shape index (κ1) is 18.5. The van der Waals surface area contributed by atoms with E-state index < -0.39 is 11.4 Å². The minimum atomic E-state index is -0.507. The number of aryl methyl sites for hydroxylation is 1. The molecule has 0 saturated heterocycles. The number of nitrogens with two attached hydrogens (primary N) is 1. The largest absolute Gasteiger partial charge is 0.366 e. The lowest BCUT2D eigenvalue weighted by Gasteiger charge is -2.37. The third-order valence-corrected chi connectivity index (χ3v) is 5.55. The summed E-state index contributed by atoms with van der Waals surface area (Å²) in [7, 11) is 0. The number of allylic oxidation sites excluding steroid dienone is 3. The van der Waals surface area contributed by atoms with Crippen LogP contribution < -0.4 is 5.73 Å². The SMILES string of the molecule is Cc1ccc(C2=CC(C3CC3)(n3nnnc3C(C)(C)C)CC(C(N)=O)=C2)nc1. The summed E-state index contributed by atoms with van der Waals surface area (Å²) in [5, 5.41) is 12.7. The summed E-state index contributed by atoms with van der Waals surface area (Å²) in [6.07, 6.45) is 8.53. The summed E-state index contributed by atoms with van der Waals surface area (Å²) in [4.78, 5) is 16.8. The molecule has 2 aromatic heterocycles. The van der Waals surface area contributed by atoms with E-state index in [0.717, 1.165) is 35.5 Å². The number of tetrazole rings is 1. The van der Waals surface area contributed by atoms with E-state index in [1.165, 1.54) is 0 Å². The van der Waals surface area contributed by atoms with Crippen LogP contribution in [0.25, 0.3) is 5.57 Å². The van der Waals surface area contributed by atoms with Gasteiger partial charge < -0.3 is 5.73 Å². The number of carbonyl (C=O) groups is 1. The number of hydrogen-bond acceptors (Lipinski definition) is 5. The van der Waals surface area contributed by atoms with Gasteiger partial charge in [0.1, 0.15) is 0 Å². The second-order valence-corrected chi connectivity index (χ2v) is 8.96. The fourth-order valence-corrected chi connectivity index (χ4v) is 3.94. The van der Waals surface area contributed by atoms with Gasteiger partial charge in [0.05, 0.1) is 11.2 Å². The number of pyridine rings is 1. The van der Waals surface area contributed by atoms with Gasteiger partial charge in [0.2, 0.25) is 5.91 Å². The first-order valence-corrected chi connectivity index (χ1v) is 9.66. The molecule has 1 unspecified atom stereocenters. The first-order valence-electron chi connectivity index (χ1n) is 9.66. The third-order valence-electron chi connectivity index (χ3n) is 5.55. The molecule has 0 radical (unpaired) electrons. The van der Waals surface area contributed by atoms with Crippen molar-refractivity contribution in [3.63, 3.8) is 0 Å². The summed E-state index contributed by atoms with van der Waals surface area (Å²) in [5.74, 6) is 0.756. The van der Waals surface area contributed by atoms with Gasteiger partial charge in [-0.3, -0.25) is 9.78 Å². The second-order valence-electron chi connectivity index (χ2n) is 8.96. The Morgan fingerprint density at radius 2 is 2.04 bits per heavy atom. The molecule has 0 aromatic carbocycles. The van der Waals surface area contributed by atoms with Crippen LogP contribution in [-0.4, -0.2) is 31.1 Å². The number of amides is 1. The molecule has 2 heterocycles. The molecule has 7 heteroatoms. The molecule has 1 amide bonds. The molecule has 146 valence electrons. The molecule has 0 bridgehead atoms. The Hall–Kier alpha value is -2.83. The van der Waals surface area contributed by atoms with E-state index >= 15 is 0 Å². The molecular weight excluding hydrogens is 352 g/mol. The minimum Gasteiger partial charge on any atom is -0.366 e. The van der Waals surface area contributed by atoms with Gasteiger partial charge in [0.15, 0.2) is 5.82 Å². The van der Waals surface area contributed by atoms with Crippen molar-refractivity contribution in [3.8, 4) is 0 Å². The van der Waals surface area contributed by atoms with Crippen LogP contribution in [0, 0.1) is 12.8 Å². The molecule has 2 aromatic rings. The van der Waals surface area contributed by atoms with Gasteiger partial charge in [-0.05, 0) is 65.5 Å². The third kappa shape index (κ3) is 3.15. The Bertz CT molecular complexity index is 975. The zero-order valence-corrected chi connectivity index (χ0v) is 16.8. The number of nitrogens with zero attached hydrogens (tertiary/aromatic N) is 5. The van der Waals surface area contributed by atoms with Crippen LogP contribution in [0.1, 0.15) is 57.1 Å². The van der Waals surface area contributed by atoms with Crippen molar-refractivity contribution in [2.24, 2.45) is 11.7 Å². The molecule has 2 aliphatic rings. The Morgan fingerprint density at radius 1 is 1.29 bits per heavy atom. The van der Waals surface area contributed by atoms with Crippen molar-refractivity contribution in [1.82, 2.24) is 25.2 Å². The molecule has 4 rings (SSSR count). The van der Waals surface area contributed by atoms with Crippen LogP contribution in [0.15, 0.2) is 36.1 Å². The normalized spacial score (nSPS) is 22.6. The predicted molar refractivity (Wildman–Crippen MR) is 106 cm³/mol. The average Bonchev–Trinajstić information content (AvgIpc) is 3.37. The predicted octanol–water partition coefficient (Wildman–Crippen LogP) is 2.68. The average molecular weight is 378 g/mol. The Labute approximate surface area is 164 Å². The lowest BCUT2D eigenvalue weighted by Crippen LogP contribution is -2.42. The van der Waals surface area contributed by atoms with E-state index in [4.69, 9.17) is 5.73 Å². The summed E-state index contributed by atoms with van der Waals surface area (Å²) in [6, 6.07) is 4.00. The lowest BCUT2D eigenvalue weighted by atomic mass is 9.78. The van der Waals surface area contributed by atoms with Crippen LogP contribution in [0.4, 0.5) is 0 Å². The van der Waals surface area contributed by atoms with Crippen LogP contribution in [-0.2, 0) is 15.7 Å². The molecule has 1 saturated carbocycles. The van der Waals surface area contributed by atoms with Crippen molar-refractivity contribution in [1.29, 1.82) is 0 Å². The van der Waals surface area contributed by atoms with Gasteiger partial charge in [0.25, 0.3) is 0 Å². The number of carbonyl (C=O) groups excluding carboxylic acids is 1. The standard InChI is InChI=1S/C21H26N6O/c1-13-5-8-17(23-12-13)14-9-15(18(22)28)11-21(10-14,16-6-7-16)27-19(20(2,3)4)24-25-26-27/h5,8-10,12,16H,6-7,11H2,1-4H3,(H2,22,28). The lowest BCUT2D eigenvalue weighted by molar-refractivity contribution is -0.114. The van der Waals surface area contributed by atoms with Crippen molar-refractivity contribution in [2.75, 3.05) is 0 Å². The zero-order chi connectivity index (χ0) is 20.1. The van der Waals surface area contributed by atoms with Crippen molar-refractivity contribution < 1.29 is 4.79 Å². The maximum atomic E-state index is 12.2. The quantitative estimate of drug-likeness (QED) is 0.882. The summed E-state index contributed by atoms with van der Waals surface area (Å²) in [5.41, 5.74) is 8.38. The highest BCUT2D eigenvalue weighted by molar-refractivity contribution is 5.96. The Morgan fingerprint density at radius 3 is 2.61 bits per heavy atom. The second kappa shape index (κ2) is 6.36. The highest BCUT2D eigenvalue weighted by Crippen LogP contribution is 2.52. The van der Waals surface area contributed by atoms with E-state index in [1.807, 2.05) is 36.0 Å². The fraction of sp³-hybridized carbons (Fsp3) is 0.476. The van der Waals surface area contributed by atoms with Gasteiger partial charge in [0, 0.05) is 23.6 Å². The summed E-state index contributed by atoms with van der Waals surface area (Å²) < 4.78 is 1.93. The molecule has 2 N–H and O–H groups in total. The minimum absolute atomic E-state index is 0.227. The van der Waals surface area contributed by atoms with Gasteiger partial charge >= 0.3 is 0 Å². The van der Waals surface area contributed by atoms with Gasteiger partial charge in [-0.2, -0.15) is 0 Å². The number of hydrogen-bond donors (Lipinski definition) is 1. The number of rotatable bonds is 4. The van der Waals surface area contributed by atoms with Crippen LogP contribution >= 0.6 is 0 Å². The first-order chi connectivity index (χ1) is 13.2. The summed E-state index contributed by atoms with van der Waals surface area (Å²) in [6.45, 7) is 8.28. The van der Waals surface area contributed by atoms with E-state index in [9.17, 15) is 4.79 Å². The van der Waals surface area contributed by atoms with Gasteiger partial charge in [-0.1, -0.05) is 26.8 Å². The molecule has 2 aliphatic carbocycles. The van der Waals surface area contributed by atoms with Crippen molar-refractivity contribution >= 4 is 11.5 Å². The molecule has 1 fully saturated rings. The highest BCUT2D eigenvalue weighted by Gasteiger charge is 2.50. The van der Waals surface area contributed by atoms with Gasteiger partial charge in [-0.25, -0.2) is 4.68 Å². The van der Waals surface area contributed by atoms with E-state index in [2.05, 4.69) is 47.4 Å². The molecular formula is C21H26N6O. The summed E-state index contributed by atoms with van der Waals surface area (Å²) >= 11 is 0. The van der Waals surface area contributed by atoms with Crippen molar-refractivity contribution in [3.05, 3.63) is 53.1 Å². The fourth-order valence-electron chi connectivity index (χ4n) is 3.94. The molecule has 1 atom stereocenters. The van der Waals surface area contributed by atoms with Gasteiger partial charge in [-0.15, -0.1) is 5.10 Å². The molecule has 0 spiro atoms. The molecule has 7 nitrogen and oxygen atoms in total. The monoisotopic (exact) mass is 378 g/mol. The zero-order valence-electron chi connectivity index (χ0n) is 16.8. The number of primary amides is 1. The van der Waals surface area contributed by atoms with Crippen LogP contribution in [0.3, 0.4) is 0 Å². The van der Waals surface area contributed by atoms with E-state index in [-0.39, 0.29) is 5.41 Å². The maximum absolute atomic E-state index is 12.2. The smallest absolute Gasteiger partial charge is 0.244 e. The van der Waals surface area contributed by atoms with E-state index in [0.29, 0.717) is 17.9 Å². The van der Waals surface area contributed by atoms with Crippen molar-refractivity contribution in [2.45, 2.75) is 57.9 Å². The Kier molecular flexibility index (Phi) is 4.21. The highest BCUT2D eigenvalue weighted by atomic mass is 16.1. The topological polar surface area (TPSA) is 99.6 Å².